The van der Waals surface area contributed by atoms with E-state index in [-0.39, 0.29) is 22.5 Å². The van der Waals surface area contributed by atoms with E-state index in [0.29, 0.717) is 12.2 Å². The van der Waals surface area contributed by atoms with Gasteiger partial charge >= 0.3 is 5.69 Å². The van der Waals surface area contributed by atoms with Crippen molar-refractivity contribution in [2.75, 3.05) is 23.3 Å². The largest absolute Gasteiger partial charge is 0.372 e. The third kappa shape index (κ3) is 3.98. The lowest BCUT2D eigenvalue weighted by atomic mass is 10.1. The second kappa shape index (κ2) is 8.52. The Hall–Kier alpha value is -3.42. The number of hydrogen-bond donors (Lipinski definition) is 2. The number of nitrogens with one attached hydrogen (secondary N) is 2. The molecule has 8 heteroatoms. The minimum absolute atomic E-state index is 0.219. The molecule has 0 radical (unpaired) electrons. The molecule has 0 spiro atoms. The van der Waals surface area contributed by atoms with Crippen LogP contribution < -0.4 is 21.5 Å². The summed E-state index contributed by atoms with van der Waals surface area (Å²) in [5.74, 6) is -0.359. The van der Waals surface area contributed by atoms with Gasteiger partial charge in [0.1, 0.15) is 5.65 Å². The highest BCUT2D eigenvalue weighted by Crippen LogP contribution is 2.22. The first-order chi connectivity index (χ1) is 14.6. The van der Waals surface area contributed by atoms with E-state index >= 15 is 0 Å². The van der Waals surface area contributed by atoms with Gasteiger partial charge in [0.05, 0.1) is 10.9 Å². The van der Waals surface area contributed by atoms with Crippen molar-refractivity contribution < 1.29 is 4.79 Å². The van der Waals surface area contributed by atoms with E-state index in [1.54, 1.807) is 0 Å². The molecule has 156 valence electrons. The van der Waals surface area contributed by atoms with E-state index < -0.39 is 11.2 Å². The summed E-state index contributed by atoms with van der Waals surface area (Å²) in [6.45, 7) is 4.49. The zero-order valence-electron chi connectivity index (χ0n) is 17.0. The van der Waals surface area contributed by atoms with Crippen molar-refractivity contribution in [3.05, 3.63) is 62.9 Å². The van der Waals surface area contributed by atoms with Gasteiger partial charge in [0.25, 0.3) is 11.5 Å². The van der Waals surface area contributed by atoms with E-state index in [4.69, 9.17) is 0 Å². The normalized spacial score (nSPS) is 14.1. The summed E-state index contributed by atoms with van der Waals surface area (Å²) in [4.78, 5) is 45.8. The van der Waals surface area contributed by atoms with Crippen LogP contribution in [0.3, 0.4) is 0 Å². The monoisotopic (exact) mass is 407 g/mol. The number of H-pyrrole nitrogens is 1. The fourth-order valence-corrected chi connectivity index (χ4v) is 3.83. The SMILES string of the molecule is CCCn1c(=O)[nH]c(=O)c2cc(C(=O)Nc3ccc(N4CCCCC4)cc3)cnc21. The number of amides is 1. The number of pyridine rings is 1. The topological polar surface area (TPSA) is 100 Å². The number of carbonyl (C=O) groups is 1. The Morgan fingerprint density at radius 3 is 2.57 bits per heavy atom. The van der Waals surface area contributed by atoms with E-state index in [2.05, 4.69) is 20.2 Å². The number of rotatable bonds is 5. The standard InChI is InChI=1S/C22H25N5O3/c1-2-10-27-19-18(21(29)25-22(27)30)13-15(14-23-19)20(28)24-16-6-8-17(9-7-16)26-11-4-3-5-12-26/h6-9,13-14H,2-5,10-12H2,1H3,(H,24,28)(H,25,29,30). The highest BCUT2D eigenvalue weighted by Gasteiger charge is 2.14. The summed E-state index contributed by atoms with van der Waals surface area (Å²) in [6.07, 6.45) is 5.81. The number of aromatic nitrogens is 3. The lowest BCUT2D eigenvalue weighted by Gasteiger charge is -2.28. The zero-order valence-corrected chi connectivity index (χ0v) is 17.0. The van der Waals surface area contributed by atoms with Gasteiger partial charge < -0.3 is 10.2 Å². The summed E-state index contributed by atoms with van der Waals surface area (Å²) in [6, 6.07) is 9.25. The predicted molar refractivity (Wildman–Crippen MR) is 117 cm³/mol. The van der Waals surface area contributed by atoms with Crippen molar-refractivity contribution in [3.63, 3.8) is 0 Å². The second-order valence-electron chi connectivity index (χ2n) is 7.55. The minimum atomic E-state index is -0.546. The Labute approximate surface area is 173 Å². The molecule has 2 N–H and O–H groups in total. The van der Waals surface area contributed by atoms with Gasteiger partial charge in [-0.2, -0.15) is 0 Å². The molecule has 1 amide bonds. The highest BCUT2D eigenvalue weighted by molar-refractivity contribution is 6.05. The van der Waals surface area contributed by atoms with Gasteiger partial charge in [-0.1, -0.05) is 6.92 Å². The van der Waals surface area contributed by atoms with Crippen LogP contribution in [0.15, 0.2) is 46.1 Å². The molecule has 30 heavy (non-hydrogen) atoms. The van der Waals surface area contributed by atoms with Crippen LogP contribution in [0.2, 0.25) is 0 Å². The number of fused-ring (bicyclic) bond motifs is 1. The van der Waals surface area contributed by atoms with Gasteiger partial charge in [0.15, 0.2) is 0 Å². The molecule has 1 fully saturated rings. The third-order valence-electron chi connectivity index (χ3n) is 5.39. The molecule has 4 rings (SSSR count). The number of aromatic amines is 1. The fraction of sp³-hybridized carbons (Fsp3) is 0.364. The van der Waals surface area contributed by atoms with Gasteiger partial charge in [-0.05, 0) is 56.0 Å². The van der Waals surface area contributed by atoms with Crippen molar-refractivity contribution >= 4 is 28.3 Å². The van der Waals surface area contributed by atoms with Gasteiger partial charge in [-0.25, -0.2) is 9.78 Å². The number of carbonyl (C=O) groups excluding carboxylic acids is 1. The maximum Gasteiger partial charge on any atom is 0.329 e. The van der Waals surface area contributed by atoms with Crippen molar-refractivity contribution in [2.45, 2.75) is 39.2 Å². The van der Waals surface area contributed by atoms with Crippen LogP contribution in [0.25, 0.3) is 11.0 Å². The van der Waals surface area contributed by atoms with E-state index in [1.165, 1.54) is 36.1 Å². The maximum absolute atomic E-state index is 12.7. The van der Waals surface area contributed by atoms with Gasteiger partial charge in [-0.3, -0.25) is 19.1 Å². The highest BCUT2D eigenvalue weighted by atomic mass is 16.2. The molecule has 3 heterocycles. The predicted octanol–water partition coefficient (Wildman–Crippen LogP) is 2.74. The molecular formula is C22H25N5O3. The molecule has 1 aliphatic rings. The minimum Gasteiger partial charge on any atom is -0.372 e. The number of benzene rings is 1. The number of piperidine rings is 1. The van der Waals surface area contributed by atoms with Gasteiger partial charge in [0, 0.05) is 37.2 Å². The molecule has 1 aromatic carbocycles. The average molecular weight is 407 g/mol. The molecule has 8 nitrogen and oxygen atoms in total. The third-order valence-corrected chi connectivity index (χ3v) is 5.39. The number of nitrogens with zero attached hydrogens (tertiary/aromatic N) is 3. The van der Waals surface area contributed by atoms with E-state index in [9.17, 15) is 14.4 Å². The van der Waals surface area contributed by atoms with Crippen molar-refractivity contribution in [2.24, 2.45) is 0 Å². The molecular weight excluding hydrogens is 382 g/mol. The Balaban J connectivity index is 1.56. The first-order valence-corrected chi connectivity index (χ1v) is 10.4. The number of aryl methyl sites for hydroxylation is 1. The Morgan fingerprint density at radius 2 is 1.87 bits per heavy atom. The van der Waals surface area contributed by atoms with Crippen LogP contribution in [0.1, 0.15) is 43.0 Å². The Kier molecular flexibility index (Phi) is 5.65. The number of hydrogen-bond acceptors (Lipinski definition) is 5. The fourth-order valence-electron chi connectivity index (χ4n) is 3.83. The lowest BCUT2D eigenvalue weighted by molar-refractivity contribution is 0.102. The molecule has 0 bridgehead atoms. The molecule has 0 unspecified atom stereocenters. The number of anilines is 2. The van der Waals surface area contributed by atoms with E-state index in [0.717, 1.165) is 25.2 Å². The maximum atomic E-state index is 12.7. The van der Waals surface area contributed by atoms with Crippen LogP contribution in [0, 0.1) is 0 Å². The van der Waals surface area contributed by atoms with E-state index in [1.807, 2.05) is 31.2 Å². The quantitative estimate of drug-likeness (QED) is 0.677. The first kappa shape index (κ1) is 19.9. The molecule has 0 aliphatic carbocycles. The summed E-state index contributed by atoms with van der Waals surface area (Å²) in [5, 5.41) is 3.06. The van der Waals surface area contributed by atoms with Gasteiger partial charge in [0.2, 0.25) is 0 Å². The average Bonchev–Trinajstić information content (AvgIpc) is 2.77. The smallest absolute Gasteiger partial charge is 0.329 e. The molecule has 1 aliphatic heterocycles. The van der Waals surface area contributed by atoms with Crippen LogP contribution in [-0.4, -0.2) is 33.5 Å². The Bertz CT molecular complexity index is 1170. The molecule has 0 atom stereocenters. The summed E-state index contributed by atoms with van der Waals surface area (Å²) in [7, 11) is 0. The molecule has 1 saturated heterocycles. The molecule has 2 aromatic heterocycles. The zero-order chi connectivity index (χ0) is 21.1. The summed E-state index contributed by atoms with van der Waals surface area (Å²) >= 11 is 0. The Morgan fingerprint density at radius 1 is 1.13 bits per heavy atom. The van der Waals surface area contributed by atoms with Crippen LogP contribution in [0.4, 0.5) is 11.4 Å². The molecule has 0 saturated carbocycles. The molecule has 3 aromatic rings. The van der Waals surface area contributed by atoms with Crippen molar-refractivity contribution in [1.82, 2.24) is 14.5 Å². The van der Waals surface area contributed by atoms with Gasteiger partial charge in [-0.15, -0.1) is 0 Å². The van der Waals surface area contributed by atoms with Crippen molar-refractivity contribution in [3.8, 4) is 0 Å². The summed E-state index contributed by atoms with van der Waals surface area (Å²) < 4.78 is 1.41. The van der Waals surface area contributed by atoms with Crippen LogP contribution in [-0.2, 0) is 6.54 Å². The van der Waals surface area contributed by atoms with Crippen LogP contribution >= 0.6 is 0 Å². The van der Waals surface area contributed by atoms with Crippen LogP contribution in [0.5, 0.6) is 0 Å². The summed E-state index contributed by atoms with van der Waals surface area (Å²) in [5.41, 5.74) is 1.33. The first-order valence-electron chi connectivity index (χ1n) is 10.4. The lowest BCUT2D eigenvalue weighted by Crippen LogP contribution is -2.31. The second-order valence-corrected chi connectivity index (χ2v) is 7.55. The van der Waals surface area contributed by atoms with Crippen molar-refractivity contribution in [1.29, 1.82) is 0 Å².